The Morgan fingerprint density at radius 1 is 0.841 bits per heavy atom. The molecule has 326 valence electrons. The number of benzene rings is 2. The third kappa shape index (κ3) is 8.98. The van der Waals surface area contributed by atoms with Gasteiger partial charge in [-0.2, -0.15) is 10.1 Å². The highest BCUT2D eigenvalue weighted by atomic mass is 16.5. The van der Waals surface area contributed by atoms with E-state index >= 15 is 0 Å². The number of hydrogen-bond acceptors (Lipinski definition) is 12. The summed E-state index contributed by atoms with van der Waals surface area (Å²) >= 11 is 0. The van der Waals surface area contributed by atoms with Crippen LogP contribution in [0.15, 0.2) is 71.5 Å². The molecule has 4 amide bonds. The maximum absolute atomic E-state index is 12.7. The van der Waals surface area contributed by atoms with Crippen LogP contribution in [0.3, 0.4) is 0 Å². The number of nitrogens with zero attached hydrogens (tertiary/aromatic N) is 9. The Hall–Kier alpha value is -6.68. The summed E-state index contributed by atoms with van der Waals surface area (Å²) < 4.78 is 5.28. The second kappa shape index (κ2) is 17.2. The molecule has 7 heterocycles. The number of aromatic nitrogens is 6. The van der Waals surface area contributed by atoms with Gasteiger partial charge in [0.2, 0.25) is 11.8 Å². The van der Waals surface area contributed by atoms with Crippen molar-refractivity contribution in [3.05, 3.63) is 95.4 Å². The number of anilines is 3. The molecule has 3 fully saturated rings. The minimum absolute atomic E-state index is 0.0224. The minimum atomic E-state index is -0.384. The molecule has 0 aliphatic carbocycles. The van der Waals surface area contributed by atoms with Crippen molar-refractivity contribution in [1.82, 2.24) is 45.8 Å². The van der Waals surface area contributed by atoms with E-state index in [4.69, 9.17) is 9.51 Å². The molecular formula is C47H54N12O4. The minimum Gasteiger partial charge on any atom is -0.372 e. The van der Waals surface area contributed by atoms with Gasteiger partial charge in [0.15, 0.2) is 5.65 Å². The second-order valence-corrected chi connectivity index (χ2v) is 18.0. The van der Waals surface area contributed by atoms with Crippen molar-refractivity contribution < 1.29 is 18.9 Å². The summed E-state index contributed by atoms with van der Waals surface area (Å²) in [6.45, 7) is 17.8. The van der Waals surface area contributed by atoms with Crippen LogP contribution in [0.4, 0.5) is 21.9 Å². The molecule has 4 aromatic heterocycles. The molecule has 6 aromatic rings. The van der Waals surface area contributed by atoms with Crippen LogP contribution in [0, 0.1) is 19.8 Å². The van der Waals surface area contributed by atoms with E-state index in [0.717, 1.165) is 115 Å². The van der Waals surface area contributed by atoms with Crippen molar-refractivity contribution in [2.75, 3.05) is 67.1 Å². The molecule has 16 nitrogen and oxygen atoms in total. The molecule has 9 rings (SSSR count). The Morgan fingerprint density at radius 2 is 1.62 bits per heavy atom. The highest BCUT2D eigenvalue weighted by molar-refractivity contribution is 6.06. The van der Waals surface area contributed by atoms with Gasteiger partial charge in [0.25, 0.3) is 11.7 Å². The number of carbonyl (C=O) groups is 3. The first-order chi connectivity index (χ1) is 30.4. The lowest BCUT2D eigenvalue weighted by atomic mass is 9.95. The van der Waals surface area contributed by atoms with Crippen molar-refractivity contribution in [2.45, 2.75) is 65.8 Å². The molecule has 63 heavy (non-hydrogen) atoms. The maximum atomic E-state index is 12.7. The molecule has 3 N–H and O–H groups in total. The molecular weight excluding hydrogens is 797 g/mol. The molecule has 16 heteroatoms. The molecule has 0 saturated carbocycles. The summed E-state index contributed by atoms with van der Waals surface area (Å²) in [7, 11) is 0. The molecule has 0 atom stereocenters. The van der Waals surface area contributed by atoms with Crippen LogP contribution < -0.4 is 25.3 Å². The number of piperazine rings is 1. The van der Waals surface area contributed by atoms with Gasteiger partial charge in [-0.05, 0) is 91.8 Å². The van der Waals surface area contributed by atoms with Gasteiger partial charge in [0, 0.05) is 105 Å². The van der Waals surface area contributed by atoms with Crippen molar-refractivity contribution >= 4 is 45.9 Å². The van der Waals surface area contributed by atoms with Crippen LogP contribution in [0.1, 0.15) is 73.2 Å². The topological polar surface area (TPSA) is 182 Å². The summed E-state index contributed by atoms with van der Waals surface area (Å²) in [6, 6.07) is 18.4. The molecule has 0 spiro atoms. The Morgan fingerprint density at radius 3 is 2.32 bits per heavy atom. The van der Waals surface area contributed by atoms with Gasteiger partial charge in [-0.3, -0.25) is 34.8 Å². The standard InChI is InChI=1S/C47H54N12O4/c1-29-22-32(6-7-33(29)25-50-44(61)43-52-45(63-55-43)47(3,4)5)41-37-24-34(26-49-42(37)54-53-41)38-10-8-36(27-48-38)58-20-18-56(19-21-58)28-31-12-15-57(16-13-31)35-9-11-39(30(2)23-35)59-17-14-40(60)51-46(59)62/h6-11,22-24,26-27,31H,12-21,25,28H2,1-5H3,(H,50,61)(H,49,53,54)(H,51,60,62). The third-order valence-electron chi connectivity index (χ3n) is 12.6. The van der Waals surface area contributed by atoms with Gasteiger partial charge < -0.3 is 19.6 Å². The Kier molecular flexibility index (Phi) is 11.4. The van der Waals surface area contributed by atoms with Crippen molar-refractivity contribution in [2.24, 2.45) is 5.92 Å². The summed E-state index contributed by atoms with van der Waals surface area (Å²) in [6.07, 6.45) is 6.42. The smallest absolute Gasteiger partial charge is 0.328 e. The van der Waals surface area contributed by atoms with Crippen LogP contribution >= 0.6 is 0 Å². The molecule has 0 bridgehead atoms. The molecule has 3 saturated heterocycles. The fourth-order valence-electron chi connectivity index (χ4n) is 8.79. The number of H-pyrrole nitrogens is 1. The van der Waals surface area contributed by atoms with Gasteiger partial charge in [0.05, 0.1) is 23.3 Å². The van der Waals surface area contributed by atoms with E-state index < -0.39 is 0 Å². The number of hydrogen-bond donors (Lipinski definition) is 3. The SMILES string of the molecule is Cc1cc(-c2[nH]nc3ncc(-c4ccc(N5CCN(CC6CCN(c7ccc(N8CCC(=O)NC8=O)c(C)c7)CC6)CC5)cn4)cc23)ccc1CNC(=O)c1noc(C(C)(C)C)n1. The van der Waals surface area contributed by atoms with Crippen LogP contribution in [0.5, 0.6) is 0 Å². The number of pyridine rings is 2. The molecule has 2 aromatic carbocycles. The van der Waals surface area contributed by atoms with E-state index in [9.17, 15) is 14.4 Å². The summed E-state index contributed by atoms with van der Waals surface area (Å²) in [5, 5.41) is 17.8. The highest BCUT2D eigenvalue weighted by Gasteiger charge is 2.28. The van der Waals surface area contributed by atoms with E-state index in [0.29, 0.717) is 37.0 Å². The highest BCUT2D eigenvalue weighted by Crippen LogP contribution is 2.32. The van der Waals surface area contributed by atoms with E-state index in [1.807, 2.05) is 65.2 Å². The quantitative estimate of drug-likeness (QED) is 0.138. The third-order valence-corrected chi connectivity index (χ3v) is 12.6. The van der Waals surface area contributed by atoms with E-state index in [1.54, 1.807) is 4.90 Å². The number of aromatic amines is 1. The number of rotatable bonds is 10. The Bertz CT molecular complexity index is 2650. The van der Waals surface area contributed by atoms with Gasteiger partial charge in [0.1, 0.15) is 0 Å². The average molecular weight is 851 g/mol. The van der Waals surface area contributed by atoms with Crippen molar-refractivity contribution in [3.63, 3.8) is 0 Å². The maximum Gasteiger partial charge on any atom is 0.328 e. The van der Waals surface area contributed by atoms with E-state index in [-0.39, 0.29) is 29.1 Å². The van der Waals surface area contributed by atoms with Crippen LogP contribution in [-0.4, -0.2) is 105 Å². The molecule has 0 radical (unpaired) electrons. The van der Waals surface area contributed by atoms with Crippen molar-refractivity contribution in [1.29, 1.82) is 0 Å². The zero-order chi connectivity index (χ0) is 43.8. The fourth-order valence-corrected chi connectivity index (χ4v) is 8.79. The van der Waals surface area contributed by atoms with Gasteiger partial charge in [-0.15, -0.1) is 0 Å². The number of aryl methyl sites for hydroxylation is 2. The number of fused-ring (bicyclic) bond motifs is 1. The Balaban J connectivity index is 0.762. The molecule has 3 aliphatic rings. The molecule has 3 aliphatic heterocycles. The number of urea groups is 1. The predicted molar refractivity (Wildman–Crippen MR) is 242 cm³/mol. The summed E-state index contributed by atoms with van der Waals surface area (Å²) in [5.74, 6) is 0.505. The number of piperidine rings is 1. The van der Waals surface area contributed by atoms with E-state index in [1.165, 1.54) is 5.69 Å². The van der Waals surface area contributed by atoms with Crippen LogP contribution in [0.25, 0.3) is 33.5 Å². The normalized spacial score (nSPS) is 16.8. The number of nitrogens with one attached hydrogen (secondary N) is 3. The van der Waals surface area contributed by atoms with Crippen LogP contribution in [0.2, 0.25) is 0 Å². The summed E-state index contributed by atoms with van der Waals surface area (Å²) in [5.41, 5.74) is 10.1. The number of imide groups is 1. The first kappa shape index (κ1) is 41.7. The van der Waals surface area contributed by atoms with Crippen molar-refractivity contribution in [3.8, 4) is 22.5 Å². The van der Waals surface area contributed by atoms with Gasteiger partial charge in [-0.1, -0.05) is 38.1 Å². The molecule has 0 unspecified atom stereocenters. The lowest BCUT2D eigenvalue weighted by molar-refractivity contribution is -0.120. The van der Waals surface area contributed by atoms with Gasteiger partial charge in [-0.25, -0.2) is 9.78 Å². The van der Waals surface area contributed by atoms with Gasteiger partial charge >= 0.3 is 6.03 Å². The first-order valence-electron chi connectivity index (χ1n) is 21.8. The monoisotopic (exact) mass is 850 g/mol. The first-order valence-corrected chi connectivity index (χ1v) is 21.8. The lowest BCUT2D eigenvalue weighted by Crippen LogP contribution is -2.49. The average Bonchev–Trinajstić information content (AvgIpc) is 3.96. The summed E-state index contributed by atoms with van der Waals surface area (Å²) in [4.78, 5) is 59.7. The lowest BCUT2D eigenvalue weighted by Gasteiger charge is -2.40. The largest absolute Gasteiger partial charge is 0.372 e. The Labute approximate surface area is 366 Å². The zero-order valence-electron chi connectivity index (χ0n) is 36.6. The van der Waals surface area contributed by atoms with E-state index in [2.05, 4.69) is 87.1 Å². The number of amides is 4. The number of carbonyl (C=O) groups excluding carboxylic acids is 3. The van der Waals surface area contributed by atoms with Crippen LogP contribution in [-0.2, 0) is 16.8 Å². The zero-order valence-corrected chi connectivity index (χ0v) is 36.6. The fraction of sp³-hybridized carbons (Fsp3) is 0.404. The predicted octanol–water partition coefficient (Wildman–Crippen LogP) is 6.40. The second-order valence-electron chi connectivity index (χ2n) is 18.0.